The number of hydrogen-bond acceptors (Lipinski definition) is 5. The lowest BCUT2D eigenvalue weighted by Gasteiger charge is -2.19. The molecule has 0 radical (unpaired) electrons. The fraction of sp³-hybridized carbons (Fsp3) is 0.421. The van der Waals surface area contributed by atoms with Crippen molar-refractivity contribution >= 4 is 17.6 Å². The highest BCUT2D eigenvalue weighted by molar-refractivity contribution is 6.01. The van der Waals surface area contributed by atoms with E-state index in [0.717, 1.165) is 0 Å². The van der Waals surface area contributed by atoms with Crippen LogP contribution in [0.2, 0.25) is 0 Å². The summed E-state index contributed by atoms with van der Waals surface area (Å²) in [7, 11) is 2.89. The first-order valence-electron chi connectivity index (χ1n) is 8.28. The molecule has 0 saturated carbocycles. The molecule has 1 N–H and O–H groups in total. The number of anilines is 1. The SMILES string of the molecule is COC(=O)c1c(NC(=O)COc2ccc(C(C)(C)C)cc2)c(C)nn1C. The summed E-state index contributed by atoms with van der Waals surface area (Å²) in [5.74, 6) is -0.350. The number of methoxy groups -OCH3 is 1. The maximum Gasteiger partial charge on any atom is 0.358 e. The second-order valence-electron chi connectivity index (χ2n) is 7.04. The van der Waals surface area contributed by atoms with Gasteiger partial charge in [-0.2, -0.15) is 5.10 Å². The minimum absolute atomic E-state index is 0.0536. The Morgan fingerprint density at radius 2 is 1.81 bits per heavy atom. The van der Waals surface area contributed by atoms with Crippen LogP contribution in [0, 0.1) is 6.92 Å². The summed E-state index contributed by atoms with van der Waals surface area (Å²) in [4.78, 5) is 24.1. The van der Waals surface area contributed by atoms with Gasteiger partial charge in [-0.05, 0) is 30.0 Å². The van der Waals surface area contributed by atoms with Gasteiger partial charge in [0, 0.05) is 7.05 Å². The Morgan fingerprint density at radius 1 is 1.19 bits per heavy atom. The number of hydrogen-bond donors (Lipinski definition) is 1. The van der Waals surface area contributed by atoms with Crippen molar-refractivity contribution in [2.45, 2.75) is 33.1 Å². The van der Waals surface area contributed by atoms with Crippen LogP contribution in [0.25, 0.3) is 0 Å². The number of aromatic nitrogens is 2. The van der Waals surface area contributed by atoms with Gasteiger partial charge in [0.25, 0.3) is 5.91 Å². The van der Waals surface area contributed by atoms with Gasteiger partial charge in [-0.3, -0.25) is 9.48 Å². The standard InChI is InChI=1S/C19H25N3O4/c1-12-16(17(18(24)25-6)22(5)21-12)20-15(23)11-26-14-9-7-13(8-10-14)19(2,3)4/h7-10H,11H2,1-6H3,(H,20,23). The molecule has 2 rings (SSSR count). The normalized spacial score (nSPS) is 11.2. The zero-order valence-corrected chi connectivity index (χ0v) is 16.0. The molecule has 0 saturated heterocycles. The molecule has 0 spiro atoms. The lowest BCUT2D eigenvalue weighted by molar-refractivity contribution is -0.118. The van der Waals surface area contributed by atoms with Gasteiger partial charge in [0.15, 0.2) is 12.3 Å². The van der Waals surface area contributed by atoms with E-state index in [-0.39, 0.29) is 23.6 Å². The number of ether oxygens (including phenoxy) is 2. The van der Waals surface area contributed by atoms with Crippen molar-refractivity contribution in [3.05, 3.63) is 41.2 Å². The number of rotatable bonds is 5. The predicted molar refractivity (Wildman–Crippen MR) is 98.6 cm³/mol. The average molecular weight is 359 g/mol. The second-order valence-corrected chi connectivity index (χ2v) is 7.04. The zero-order valence-electron chi connectivity index (χ0n) is 16.0. The van der Waals surface area contributed by atoms with Gasteiger partial charge in [0.1, 0.15) is 5.75 Å². The van der Waals surface area contributed by atoms with Crippen LogP contribution in [-0.2, 0) is 22.0 Å². The largest absolute Gasteiger partial charge is 0.484 e. The van der Waals surface area contributed by atoms with Gasteiger partial charge >= 0.3 is 5.97 Å². The Hall–Kier alpha value is -2.83. The van der Waals surface area contributed by atoms with Gasteiger partial charge in [-0.15, -0.1) is 0 Å². The average Bonchev–Trinajstić information content (AvgIpc) is 2.85. The van der Waals surface area contributed by atoms with E-state index in [1.807, 2.05) is 24.3 Å². The number of aryl methyl sites for hydroxylation is 2. The first kappa shape index (κ1) is 19.5. The molecule has 0 atom stereocenters. The highest BCUT2D eigenvalue weighted by Gasteiger charge is 2.22. The Balaban J connectivity index is 2.03. The number of amides is 1. The van der Waals surface area contributed by atoms with Crippen molar-refractivity contribution < 1.29 is 19.1 Å². The number of benzene rings is 1. The summed E-state index contributed by atoms with van der Waals surface area (Å²) >= 11 is 0. The van der Waals surface area contributed by atoms with Crippen LogP contribution in [0.15, 0.2) is 24.3 Å². The van der Waals surface area contributed by atoms with E-state index in [1.54, 1.807) is 14.0 Å². The number of nitrogens with one attached hydrogen (secondary N) is 1. The molecule has 1 heterocycles. The smallest absolute Gasteiger partial charge is 0.358 e. The van der Waals surface area contributed by atoms with E-state index in [4.69, 9.17) is 9.47 Å². The van der Waals surface area contributed by atoms with Crippen molar-refractivity contribution in [1.29, 1.82) is 0 Å². The molecule has 0 aliphatic heterocycles. The highest BCUT2D eigenvalue weighted by atomic mass is 16.5. The Labute approximate surface area is 153 Å². The van der Waals surface area contributed by atoms with E-state index in [9.17, 15) is 9.59 Å². The lowest BCUT2D eigenvalue weighted by Crippen LogP contribution is -2.22. The van der Waals surface area contributed by atoms with Gasteiger partial charge in [0.05, 0.1) is 18.5 Å². The van der Waals surface area contributed by atoms with Crippen molar-refractivity contribution in [2.24, 2.45) is 7.05 Å². The predicted octanol–water partition coefficient (Wildman–Crippen LogP) is 2.83. The minimum atomic E-state index is -0.568. The second kappa shape index (κ2) is 7.59. The van der Waals surface area contributed by atoms with E-state index in [2.05, 4.69) is 31.2 Å². The number of esters is 1. The van der Waals surface area contributed by atoms with Gasteiger partial charge in [-0.1, -0.05) is 32.9 Å². The van der Waals surface area contributed by atoms with Crippen molar-refractivity contribution in [3.8, 4) is 5.75 Å². The van der Waals surface area contributed by atoms with Crippen molar-refractivity contribution in [1.82, 2.24) is 9.78 Å². The summed E-state index contributed by atoms with van der Waals surface area (Å²) in [5, 5.41) is 6.82. The van der Waals surface area contributed by atoms with Crippen molar-refractivity contribution in [2.75, 3.05) is 19.0 Å². The molecule has 1 aromatic heterocycles. The molecule has 1 aromatic carbocycles. The van der Waals surface area contributed by atoms with Gasteiger partial charge in [-0.25, -0.2) is 4.79 Å². The number of nitrogens with zero attached hydrogens (tertiary/aromatic N) is 2. The van der Waals surface area contributed by atoms with Crippen LogP contribution >= 0.6 is 0 Å². The summed E-state index contributed by atoms with van der Waals surface area (Å²) in [5.41, 5.74) is 2.28. The molecule has 7 heteroatoms. The van der Waals surface area contributed by atoms with Crippen LogP contribution in [0.1, 0.15) is 42.5 Å². The quantitative estimate of drug-likeness (QED) is 0.830. The molecule has 0 bridgehead atoms. The molecule has 0 unspecified atom stereocenters. The first-order valence-corrected chi connectivity index (χ1v) is 8.28. The van der Waals surface area contributed by atoms with Gasteiger partial charge in [0.2, 0.25) is 0 Å². The summed E-state index contributed by atoms with van der Waals surface area (Å²) < 4.78 is 11.6. The van der Waals surface area contributed by atoms with E-state index in [0.29, 0.717) is 17.1 Å². The molecule has 26 heavy (non-hydrogen) atoms. The van der Waals surface area contributed by atoms with Crippen LogP contribution in [0.4, 0.5) is 5.69 Å². The molecule has 1 amide bonds. The Kier molecular flexibility index (Phi) is 5.69. The van der Waals surface area contributed by atoms with Crippen LogP contribution < -0.4 is 10.1 Å². The fourth-order valence-corrected chi connectivity index (χ4v) is 2.51. The van der Waals surface area contributed by atoms with Crippen LogP contribution in [-0.4, -0.2) is 35.4 Å². The Morgan fingerprint density at radius 3 is 2.35 bits per heavy atom. The summed E-state index contributed by atoms with van der Waals surface area (Å²) in [6.07, 6.45) is 0. The third-order valence-corrected chi connectivity index (χ3v) is 3.96. The molecule has 140 valence electrons. The van der Waals surface area contributed by atoms with Crippen molar-refractivity contribution in [3.63, 3.8) is 0 Å². The molecular formula is C19H25N3O4. The highest BCUT2D eigenvalue weighted by Crippen LogP contribution is 2.24. The maximum absolute atomic E-state index is 12.2. The first-order chi connectivity index (χ1) is 12.1. The monoisotopic (exact) mass is 359 g/mol. The van der Waals surface area contributed by atoms with Crippen LogP contribution in [0.5, 0.6) is 5.75 Å². The van der Waals surface area contributed by atoms with Gasteiger partial charge < -0.3 is 14.8 Å². The summed E-state index contributed by atoms with van der Waals surface area (Å²) in [6.45, 7) is 7.92. The minimum Gasteiger partial charge on any atom is -0.484 e. The fourth-order valence-electron chi connectivity index (χ4n) is 2.51. The Bertz CT molecular complexity index is 801. The van der Waals surface area contributed by atoms with Crippen LogP contribution in [0.3, 0.4) is 0 Å². The van der Waals surface area contributed by atoms with E-state index >= 15 is 0 Å². The maximum atomic E-state index is 12.2. The summed E-state index contributed by atoms with van der Waals surface area (Å²) in [6, 6.07) is 7.63. The molecule has 0 aliphatic carbocycles. The molecule has 0 aliphatic rings. The molecule has 2 aromatic rings. The molecule has 7 nitrogen and oxygen atoms in total. The number of carbonyl (C=O) groups is 2. The number of carbonyl (C=O) groups excluding carboxylic acids is 2. The lowest BCUT2D eigenvalue weighted by atomic mass is 9.87. The molecule has 0 fully saturated rings. The van der Waals surface area contributed by atoms with E-state index < -0.39 is 5.97 Å². The molecular weight excluding hydrogens is 334 g/mol. The third kappa shape index (κ3) is 4.41. The zero-order chi connectivity index (χ0) is 19.5. The third-order valence-electron chi connectivity index (χ3n) is 3.96. The topological polar surface area (TPSA) is 82.4 Å². The van der Waals surface area contributed by atoms with E-state index in [1.165, 1.54) is 17.4 Å².